The molecule has 146 valence electrons. The maximum atomic E-state index is 14.7. The molecule has 0 spiro atoms. The first-order valence-electron chi connectivity index (χ1n) is 8.87. The number of benzene rings is 1. The van der Waals surface area contributed by atoms with Crippen LogP contribution in [0.3, 0.4) is 0 Å². The fourth-order valence-electron chi connectivity index (χ4n) is 3.55. The van der Waals surface area contributed by atoms with Crippen LogP contribution in [-0.2, 0) is 7.05 Å². The molecule has 2 atom stereocenters. The zero-order valence-corrected chi connectivity index (χ0v) is 15.8. The van der Waals surface area contributed by atoms with Gasteiger partial charge in [0, 0.05) is 30.4 Å². The number of rotatable bonds is 4. The molecule has 1 aliphatic carbocycles. The molecule has 2 unspecified atom stereocenters. The highest BCUT2D eigenvalue weighted by atomic mass is 19.3. The van der Waals surface area contributed by atoms with Crippen molar-refractivity contribution in [3.05, 3.63) is 69.0 Å². The Morgan fingerprint density at radius 2 is 2.04 bits per heavy atom. The standard InChI is InChI=1S/C21H20F3N3O/c1-11-6-15(19-16(7-11)21(28)27(3)10-17(19)22)12(2)26-18-5-4-13(20(23)24)8-14(18)9-25/h4-7,10,12,14,20,26H,8H2,1-3H3. The van der Waals surface area contributed by atoms with Gasteiger partial charge in [-0.3, -0.25) is 4.79 Å². The second-order valence-electron chi connectivity index (χ2n) is 7.09. The lowest BCUT2D eigenvalue weighted by atomic mass is 9.91. The minimum Gasteiger partial charge on any atom is -0.381 e. The number of aryl methyl sites for hydroxylation is 2. The zero-order chi connectivity index (χ0) is 20.6. The van der Waals surface area contributed by atoms with Crippen LogP contribution in [0.5, 0.6) is 0 Å². The van der Waals surface area contributed by atoms with E-state index < -0.39 is 24.2 Å². The molecule has 28 heavy (non-hydrogen) atoms. The minimum atomic E-state index is -2.60. The van der Waals surface area contributed by atoms with Gasteiger partial charge in [-0.1, -0.05) is 12.1 Å². The molecule has 0 amide bonds. The van der Waals surface area contributed by atoms with Crippen molar-refractivity contribution >= 4 is 10.8 Å². The highest BCUT2D eigenvalue weighted by molar-refractivity contribution is 5.86. The summed E-state index contributed by atoms with van der Waals surface area (Å²) in [7, 11) is 1.49. The molecule has 0 radical (unpaired) electrons. The number of halogens is 3. The number of allylic oxidation sites excluding steroid dienone is 4. The lowest BCUT2D eigenvalue weighted by Gasteiger charge is -2.25. The van der Waals surface area contributed by atoms with Crippen molar-refractivity contribution in [3.8, 4) is 6.07 Å². The summed E-state index contributed by atoms with van der Waals surface area (Å²) in [4.78, 5) is 12.4. The molecule has 0 saturated heterocycles. The molecule has 7 heteroatoms. The van der Waals surface area contributed by atoms with Gasteiger partial charge in [-0.25, -0.2) is 13.2 Å². The first-order chi connectivity index (χ1) is 13.2. The number of nitriles is 1. The maximum absolute atomic E-state index is 14.7. The third-order valence-electron chi connectivity index (χ3n) is 4.99. The van der Waals surface area contributed by atoms with Crippen molar-refractivity contribution in [2.45, 2.75) is 32.7 Å². The number of fused-ring (bicyclic) bond motifs is 1. The molecule has 1 N–H and O–H groups in total. The van der Waals surface area contributed by atoms with E-state index in [0.717, 1.165) is 11.8 Å². The quantitative estimate of drug-likeness (QED) is 0.853. The zero-order valence-electron chi connectivity index (χ0n) is 15.8. The van der Waals surface area contributed by atoms with Crippen LogP contribution in [0, 0.1) is 30.0 Å². The van der Waals surface area contributed by atoms with Gasteiger partial charge < -0.3 is 9.88 Å². The smallest absolute Gasteiger partial charge is 0.260 e. The van der Waals surface area contributed by atoms with Gasteiger partial charge in [0.1, 0.15) is 5.82 Å². The Morgan fingerprint density at radius 1 is 1.32 bits per heavy atom. The van der Waals surface area contributed by atoms with Crippen molar-refractivity contribution in [1.82, 2.24) is 9.88 Å². The number of pyridine rings is 1. The van der Waals surface area contributed by atoms with E-state index in [9.17, 15) is 23.2 Å². The number of alkyl halides is 2. The number of nitrogens with one attached hydrogen (secondary N) is 1. The van der Waals surface area contributed by atoms with Crippen molar-refractivity contribution in [2.24, 2.45) is 13.0 Å². The number of nitrogens with zero attached hydrogens (tertiary/aromatic N) is 2. The topological polar surface area (TPSA) is 57.8 Å². The van der Waals surface area contributed by atoms with Crippen LogP contribution >= 0.6 is 0 Å². The maximum Gasteiger partial charge on any atom is 0.260 e. The van der Waals surface area contributed by atoms with Gasteiger partial charge in [-0.15, -0.1) is 0 Å². The fraction of sp³-hybridized carbons (Fsp3) is 0.333. The molecule has 0 bridgehead atoms. The number of aromatic nitrogens is 1. The van der Waals surface area contributed by atoms with E-state index in [1.165, 1.54) is 23.8 Å². The van der Waals surface area contributed by atoms with E-state index >= 15 is 0 Å². The van der Waals surface area contributed by atoms with Gasteiger partial charge >= 0.3 is 0 Å². The summed E-state index contributed by atoms with van der Waals surface area (Å²) in [6.45, 7) is 3.60. The Kier molecular flexibility index (Phi) is 5.32. The lowest BCUT2D eigenvalue weighted by Crippen LogP contribution is -2.26. The Bertz CT molecular complexity index is 1090. The van der Waals surface area contributed by atoms with Crippen LogP contribution in [0.4, 0.5) is 13.2 Å². The van der Waals surface area contributed by atoms with Crippen molar-refractivity contribution in [1.29, 1.82) is 5.26 Å². The second kappa shape index (κ2) is 7.55. The van der Waals surface area contributed by atoms with Gasteiger partial charge in [0.25, 0.3) is 12.0 Å². The summed E-state index contributed by atoms with van der Waals surface area (Å²) in [6, 6.07) is 5.03. The molecule has 1 aromatic heterocycles. The van der Waals surface area contributed by atoms with Gasteiger partial charge in [-0.2, -0.15) is 5.26 Å². The molecule has 1 aliphatic rings. The van der Waals surface area contributed by atoms with Crippen LogP contribution in [-0.4, -0.2) is 11.0 Å². The highest BCUT2D eigenvalue weighted by Crippen LogP contribution is 2.31. The molecule has 1 aromatic carbocycles. The average molecular weight is 387 g/mol. The molecular weight excluding hydrogens is 367 g/mol. The van der Waals surface area contributed by atoms with E-state index in [4.69, 9.17) is 0 Å². The van der Waals surface area contributed by atoms with Gasteiger partial charge in [0.2, 0.25) is 0 Å². The molecule has 1 heterocycles. The van der Waals surface area contributed by atoms with Crippen molar-refractivity contribution < 1.29 is 13.2 Å². The van der Waals surface area contributed by atoms with Crippen molar-refractivity contribution in [3.63, 3.8) is 0 Å². The largest absolute Gasteiger partial charge is 0.381 e. The van der Waals surface area contributed by atoms with E-state index in [0.29, 0.717) is 11.3 Å². The highest BCUT2D eigenvalue weighted by Gasteiger charge is 2.25. The summed E-state index contributed by atoms with van der Waals surface area (Å²) < 4.78 is 41.7. The predicted molar refractivity (Wildman–Crippen MR) is 101 cm³/mol. The summed E-state index contributed by atoms with van der Waals surface area (Å²) in [5.74, 6) is -1.25. The summed E-state index contributed by atoms with van der Waals surface area (Å²) in [5, 5.41) is 13.0. The van der Waals surface area contributed by atoms with Gasteiger partial charge in [-0.05, 0) is 49.1 Å². The second-order valence-corrected chi connectivity index (χ2v) is 7.09. The normalized spacial score (nSPS) is 17.9. The number of hydrogen-bond acceptors (Lipinski definition) is 3. The van der Waals surface area contributed by atoms with Gasteiger partial charge in [0.15, 0.2) is 0 Å². The van der Waals surface area contributed by atoms with E-state index in [1.807, 2.05) is 13.0 Å². The monoisotopic (exact) mass is 387 g/mol. The fourth-order valence-corrected chi connectivity index (χ4v) is 3.55. The van der Waals surface area contributed by atoms with Crippen molar-refractivity contribution in [2.75, 3.05) is 0 Å². The SMILES string of the molecule is Cc1cc(C(C)NC2=CC=C(C(F)F)CC2C#N)c2c(F)cn(C)c(=O)c2c1. The van der Waals surface area contributed by atoms with Crippen LogP contribution in [0.2, 0.25) is 0 Å². The molecule has 2 aromatic rings. The lowest BCUT2D eigenvalue weighted by molar-refractivity contribution is 0.182. The van der Waals surface area contributed by atoms with E-state index in [1.54, 1.807) is 19.1 Å². The number of hydrogen-bond donors (Lipinski definition) is 1. The molecular formula is C21H20F3N3O. The molecule has 4 nitrogen and oxygen atoms in total. The molecule has 0 saturated carbocycles. The Morgan fingerprint density at radius 3 is 2.68 bits per heavy atom. The Labute approximate surface area is 160 Å². The third kappa shape index (κ3) is 3.55. The molecule has 0 aliphatic heterocycles. The van der Waals surface area contributed by atoms with Crippen LogP contribution < -0.4 is 10.9 Å². The molecule has 3 rings (SSSR count). The summed E-state index contributed by atoms with van der Waals surface area (Å²) in [6.07, 6.45) is 1.29. The predicted octanol–water partition coefficient (Wildman–Crippen LogP) is 4.26. The van der Waals surface area contributed by atoms with Gasteiger partial charge in [0.05, 0.1) is 17.4 Å². The molecule has 0 fully saturated rings. The van der Waals surface area contributed by atoms with Crippen LogP contribution in [0.1, 0.15) is 30.5 Å². The first-order valence-corrected chi connectivity index (χ1v) is 8.87. The van der Waals surface area contributed by atoms with E-state index in [-0.39, 0.29) is 28.3 Å². The summed E-state index contributed by atoms with van der Waals surface area (Å²) >= 11 is 0. The summed E-state index contributed by atoms with van der Waals surface area (Å²) in [5.41, 5.74) is 1.49. The Balaban J connectivity index is 2.05. The Hall–Kier alpha value is -3.01. The van der Waals surface area contributed by atoms with Crippen LogP contribution in [0.25, 0.3) is 10.8 Å². The van der Waals surface area contributed by atoms with Crippen LogP contribution in [0.15, 0.2) is 46.5 Å². The van der Waals surface area contributed by atoms with E-state index in [2.05, 4.69) is 5.32 Å². The average Bonchev–Trinajstić information content (AvgIpc) is 2.65. The third-order valence-corrected chi connectivity index (χ3v) is 4.99. The first kappa shape index (κ1) is 19.7. The minimum absolute atomic E-state index is 0.0524.